The van der Waals surface area contributed by atoms with Crippen LogP contribution < -0.4 is 11.1 Å². The SMILES string of the molecule is CCC(C)C(N)C(=O)NCCCOCC1CCCO1.Cl. The number of halogens is 1. The fraction of sp³-hybridized carbons (Fsp3) is 0.929. The maximum absolute atomic E-state index is 11.7. The molecular weight excluding hydrogens is 280 g/mol. The Morgan fingerprint density at radius 2 is 2.30 bits per heavy atom. The van der Waals surface area contributed by atoms with Gasteiger partial charge in [-0.1, -0.05) is 20.3 Å². The molecule has 3 unspecified atom stereocenters. The molecular formula is C14H29ClN2O3. The molecule has 1 fully saturated rings. The molecule has 0 saturated carbocycles. The normalized spacial score (nSPS) is 21.1. The van der Waals surface area contributed by atoms with E-state index in [-0.39, 0.29) is 30.3 Å². The minimum Gasteiger partial charge on any atom is -0.379 e. The number of hydrogen-bond donors (Lipinski definition) is 2. The summed E-state index contributed by atoms with van der Waals surface area (Å²) in [5, 5.41) is 2.85. The first-order valence-electron chi connectivity index (χ1n) is 7.37. The van der Waals surface area contributed by atoms with Gasteiger partial charge in [0.1, 0.15) is 0 Å². The Hall–Kier alpha value is -0.360. The summed E-state index contributed by atoms with van der Waals surface area (Å²) < 4.78 is 11.0. The van der Waals surface area contributed by atoms with Crippen LogP contribution in [0.2, 0.25) is 0 Å². The molecule has 0 bridgehead atoms. The van der Waals surface area contributed by atoms with Crippen molar-refractivity contribution in [3.05, 3.63) is 0 Å². The van der Waals surface area contributed by atoms with Crippen LogP contribution in [0.3, 0.4) is 0 Å². The van der Waals surface area contributed by atoms with E-state index in [2.05, 4.69) is 5.32 Å². The highest BCUT2D eigenvalue weighted by Gasteiger charge is 2.18. The highest BCUT2D eigenvalue weighted by molar-refractivity contribution is 5.85. The number of carbonyl (C=O) groups is 1. The van der Waals surface area contributed by atoms with Gasteiger partial charge in [0.25, 0.3) is 0 Å². The predicted molar refractivity (Wildman–Crippen MR) is 82.1 cm³/mol. The number of amides is 1. The van der Waals surface area contributed by atoms with E-state index >= 15 is 0 Å². The molecule has 0 aromatic rings. The summed E-state index contributed by atoms with van der Waals surface area (Å²) in [7, 11) is 0. The summed E-state index contributed by atoms with van der Waals surface area (Å²) in [5.41, 5.74) is 5.84. The number of nitrogens with two attached hydrogens (primary N) is 1. The molecule has 1 amide bonds. The second kappa shape index (κ2) is 11.3. The van der Waals surface area contributed by atoms with Crippen LogP contribution in [0, 0.1) is 5.92 Å². The lowest BCUT2D eigenvalue weighted by atomic mass is 9.99. The summed E-state index contributed by atoms with van der Waals surface area (Å²) in [6, 6.07) is -0.405. The molecule has 1 saturated heterocycles. The largest absolute Gasteiger partial charge is 0.379 e. The van der Waals surface area contributed by atoms with Crippen LogP contribution in [-0.4, -0.2) is 44.4 Å². The zero-order chi connectivity index (χ0) is 14.1. The molecule has 0 radical (unpaired) electrons. The van der Waals surface area contributed by atoms with E-state index in [1.807, 2.05) is 13.8 Å². The van der Waals surface area contributed by atoms with Crippen LogP contribution in [-0.2, 0) is 14.3 Å². The lowest BCUT2D eigenvalue weighted by Crippen LogP contribution is -2.45. The average Bonchev–Trinajstić information content (AvgIpc) is 2.93. The molecule has 1 aliphatic rings. The van der Waals surface area contributed by atoms with Crippen molar-refractivity contribution in [2.75, 3.05) is 26.4 Å². The first kappa shape index (κ1) is 19.6. The molecule has 6 heteroatoms. The molecule has 1 aliphatic heterocycles. The number of carbonyl (C=O) groups excluding carboxylic acids is 1. The van der Waals surface area contributed by atoms with Gasteiger partial charge in [-0.25, -0.2) is 0 Å². The Balaban J connectivity index is 0.00000361. The first-order chi connectivity index (χ1) is 9.15. The smallest absolute Gasteiger partial charge is 0.237 e. The molecule has 0 aromatic heterocycles. The van der Waals surface area contributed by atoms with Crippen molar-refractivity contribution >= 4 is 18.3 Å². The lowest BCUT2D eigenvalue weighted by molar-refractivity contribution is -0.123. The van der Waals surface area contributed by atoms with Crippen LogP contribution in [0.25, 0.3) is 0 Å². The van der Waals surface area contributed by atoms with Crippen LogP contribution in [0.15, 0.2) is 0 Å². The van der Waals surface area contributed by atoms with E-state index in [1.54, 1.807) is 0 Å². The summed E-state index contributed by atoms with van der Waals surface area (Å²) in [6.45, 7) is 6.83. The fourth-order valence-electron chi connectivity index (χ4n) is 2.01. The van der Waals surface area contributed by atoms with Gasteiger partial charge in [0.2, 0.25) is 5.91 Å². The third-order valence-corrected chi connectivity index (χ3v) is 3.65. The number of nitrogens with one attached hydrogen (secondary N) is 1. The van der Waals surface area contributed by atoms with Crippen LogP contribution in [0.1, 0.15) is 39.5 Å². The molecule has 1 rings (SSSR count). The molecule has 1 heterocycles. The summed E-state index contributed by atoms with van der Waals surface area (Å²) in [6.07, 6.45) is 4.23. The summed E-state index contributed by atoms with van der Waals surface area (Å²) in [4.78, 5) is 11.7. The molecule has 0 spiro atoms. The van der Waals surface area contributed by atoms with Crippen molar-refractivity contribution < 1.29 is 14.3 Å². The van der Waals surface area contributed by atoms with Crippen molar-refractivity contribution in [2.45, 2.75) is 51.7 Å². The molecule has 3 N–H and O–H groups in total. The van der Waals surface area contributed by atoms with E-state index in [1.165, 1.54) is 0 Å². The molecule has 120 valence electrons. The number of ether oxygens (including phenoxy) is 2. The van der Waals surface area contributed by atoms with Gasteiger partial charge >= 0.3 is 0 Å². The number of rotatable bonds is 9. The van der Waals surface area contributed by atoms with E-state index in [4.69, 9.17) is 15.2 Å². The third kappa shape index (κ3) is 7.43. The summed E-state index contributed by atoms with van der Waals surface area (Å²) >= 11 is 0. The van der Waals surface area contributed by atoms with E-state index in [0.29, 0.717) is 19.8 Å². The molecule has 3 atom stereocenters. The first-order valence-corrected chi connectivity index (χ1v) is 7.37. The zero-order valence-corrected chi connectivity index (χ0v) is 13.4. The van der Waals surface area contributed by atoms with E-state index in [9.17, 15) is 4.79 Å². The second-order valence-electron chi connectivity index (χ2n) is 5.27. The van der Waals surface area contributed by atoms with Crippen molar-refractivity contribution in [1.29, 1.82) is 0 Å². The average molecular weight is 309 g/mol. The van der Waals surface area contributed by atoms with Gasteiger partial charge < -0.3 is 20.5 Å². The van der Waals surface area contributed by atoms with Crippen LogP contribution in [0.5, 0.6) is 0 Å². The number of hydrogen-bond acceptors (Lipinski definition) is 4. The van der Waals surface area contributed by atoms with Crippen molar-refractivity contribution in [3.63, 3.8) is 0 Å². The Morgan fingerprint density at radius 1 is 1.55 bits per heavy atom. The molecule has 5 nitrogen and oxygen atoms in total. The summed E-state index contributed by atoms with van der Waals surface area (Å²) in [5.74, 6) is 0.157. The fourth-order valence-corrected chi connectivity index (χ4v) is 2.01. The Labute approximate surface area is 128 Å². The van der Waals surface area contributed by atoms with Gasteiger partial charge in [-0.15, -0.1) is 12.4 Å². The van der Waals surface area contributed by atoms with Crippen molar-refractivity contribution in [3.8, 4) is 0 Å². The topological polar surface area (TPSA) is 73.6 Å². The van der Waals surface area contributed by atoms with Crippen molar-refractivity contribution in [2.24, 2.45) is 11.7 Å². The van der Waals surface area contributed by atoms with E-state index < -0.39 is 6.04 Å². The van der Waals surface area contributed by atoms with Gasteiger partial charge in [-0.2, -0.15) is 0 Å². The maximum Gasteiger partial charge on any atom is 0.237 e. The minimum atomic E-state index is -0.405. The highest BCUT2D eigenvalue weighted by Crippen LogP contribution is 2.11. The van der Waals surface area contributed by atoms with Gasteiger partial charge in [0, 0.05) is 19.8 Å². The standard InChI is InChI=1S/C14H28N2O3.ClH/c1-3-11(2)13(15)14(17)16-7-5-8-18-10-12-6-4-9-19-12;/h11-13H,3-10,15H2,1-2H3,(H,16,17);1H. The Bertz CT molecular complexity index is 261. The zero-order valence-electron chi connectivity index (χ0n) is 12.6. The monoisotopic (exact) mass is 308 g/mol. The maximum atomic E-state index is 11.7. The molecule has 20 heavy (non-hydrogen) atoms. The third-order valence-electron chi connectivity index (χ3n) is 3.65. The van der Waals surface area contributed by atoms with Gasteiger partial charge in [0.05, 0.1) is 18.8 Å². The Morgan fingerprint density at radius 3 is 2.90 bits per heavy atom. The highest BCUT2D eigenvalue weighted by atomic mass is 35.5. The quantitative estimate of drug-likeness (QED) is 0.633. The van der Waals surface area contributed by atoms with Crippen molar-refractivity contribution in [1.82, 2.24) is 5.32 Å². The predicted octanol–water partition coefficient (Wildman–Crippen LogP) is 1.48. The molecule has 0 aromatic carbocycles. The second-order valence-corrected chi connectivity index (χ2v) is 5.27. The van der Waals surface area contributed by atoms with Crippen LogP contribution >= 0.6 is 12.4 Å². The van der Waals surface area contributed by atoms with Crippen LogP contribution in [0.4, 0.5) is 0 Å². The Kier molecular flexibility index (Phi) is 11.1. The van der Waals surface area contributed by atoms with Gasteiger partial charge in [-0.3, -0.25) is 4.79 Å². The van der Waals surface area contributed by atoms with E-state index in [0.717, 1.165) is 32.3 Å². The minimum absolute atomic E-state index is 0. The van der Waals surface area contributed by atoms with Gasteiger partial charge in [0.15, 0.2) is 0 Å². The lowest BCUT2D eigenvalue weighted by Gasteiger charge is -2.17. The van der Waals surface area contributed by atoms with Gasteiger partial charge in [-0.05, 0) is 25.2 Å². The molecule has 0 aliphatic carbocycles.